The molecule has 0 fully saturated rings. The zero-order valence-electron chi connectivity index (χ0n) is 14.1. The predicted octanol–water partition coefficient (Wildman–Crippen LogP) is 2.66. The third-order valence-electron chi connectivity index (χ3n) is 3.96. The van der Waals surface area contributed by atoms with Crippen LogP contribution in [-0.2, 0) is 4.57 Å². The predicted molar refractivity (Wildman–Crippen MR) is 98.2 cm³/mol. The Morgan fingerprint density at radius 2 is 1.84 bits per heavy atom. The van der Waals surface area contributed by atoms with Gasteiger partial charge < -0.3 is 4.57 Å². The lowest BCUT2D eigenvalue weighted by Gasteiger charge is -2.07. The summed E-state index contributed by atoms with van der Waals surface area (Å²) in [4.78, 5) is 17.1. The number of benzene rings is 1. The van der Waals surface area contributed by atoms with Crippen LogP contribution in [0, 0.1) is 18.3 Å². The van der Waals surface area contributed by atoms with Crippen LogP contribution < -0.4 is 10.9 Å². The molecule has 0 amide bonds. The summed E-state index contributed by atoms with van der Waals surface area (Å²) in [7, 11) is -2.39. The SMILES string of the molecule is Cc1[nH]n(-c2ccc(P(C)(C)=O)cn2)c(=O)c1-c1ccc(C#N)cc1. The molecule has 0 aliphatic heterocycles. The van der Waals surface area contributed by atoms with Crippen molar-refractivity contribution in [1.29, 1.82) is 5.26 Å². The van der Waals surface area contributed by atoms with Crippen molar-refractivity contribution < 1.29 is 4.57 Å². The second kappa shape index (κ2) is 6.19. The van der Waals surface area contributed by atoms with E-state index >= 15 is 0 Å². The molecule has 0 saturated carbocycles. The van der Waals surface area contributed by atoms with Crippen molar-refractivity contribution in [2.75, 3.05) is 13.3 Å². The quantitative estimate of drug-likeness (QED) is 0.734. The maximum atomic E-state index is 12.8. The van der Waals surface area contributed by atoms with Crippen LogP contribution >= 0.6 is 7.14 Å². The number of H-pyrrole nitrogens is 1. The summed E-state index contributed by atoms with van der Waals surface area (Å²) >= 11 is 0. The van der Waals surface area contributed by atoms with Crippen LogP contribution in [-0.4, -0.2) is 28.1 Å². The summed E-state index contributed by atoms with van der Waals surface area (Å²) in [6, 6.07) is 12.3. The second-order valence-electron chi connectivity index (χ2n) is 6.17. The molecule has 6 nitrogen and oxygen atoms in total. The van der Waals surface area contributed by atoms with Gasteiger partial charge in [0, 0.05) is 17.2 Å². The fourth-order valence-corrected chi connectivity index (χ4v) is 3.36. The molecule has 0 atom stereocenters. The molecule has 1 N–H and O–H groups in total. The van der Waals surface area contributed by atoms with Crippen LogP contribution in [0.2, 0.25) is 0 Å². The van der Waals surface area contributed by atoms with Gasteiger partial charge in [0.15, 0.2) is 5.82 Å². The maximum Gasteiger partial charge on any atom is 0.280 e. The van der Waals surface area contributed by atoms with Gasteiger partial charge in [-0.3, -0.25) is 9.89 Å². The van der Waals surface area contributed by atoms with E-state index in [9.17, 15) is 9.36 Å². The molecule has 0 spiro atoms. The highest BCUT2D eigenvalue weighted by Crippen LogP contribution is 2.34. The summed E-state index contributed by atoms with van der Waals surface area (Å²) in [5, 5.41) is 12.6. The van der Waals surface area contributed by atoms with Crippen molar-refractivity contribution in [2.45, 2.75) is 6.92 Å². The molecular formula is C18H17N4O2P. The standard InChI is InChI=1S/C18H17N4O2P/c1-12-17(14-6-4-13(10-19)5-7-14)18(23)22(21-12)16-9-8-15(11-20-16)25(2,3)24/h4-9,11,21H,1-3H3. The van der Waals surface area contributed by atoms with Crippen molar-refractivity contribution in [3.05, 3.63) is 64.2 Å². The molecule has 0 radical (unpaired) electrons. The molecular weight excluding hydrogens is 335 g/mol. The first-order chi connectivity index (χ1) is 11.8. The average Bonchev–Trinajstić information content (AvgIpc) is 2.89. The molecule has 1 aromatic carbocycles. The Kier molecular flexibility index (Phi) is 4.20. The van der Waals surface area contributed by atoms with E-state index in [0.717, 1.165) is 5.56 Å². The van der Waals surface area contributed by atoms with Gasteiger partial charge in [-0.15, -0.1) is 0 Å². The van der Waals surface area contributed by atoms with Crippen molar-refractivity contribution >= 4 is 12.4 Å². The van der Waals surface area contributed by atoms with Crippen LogP contribution in [0.15, 0.2) is 47.4 Å². The Morgan fingerprint density at radius 3 is 2.36 bits per heavy atom. The number of aryl methyl sites for hydroxylation is 1. The highest BCUT2D eigenvalue weighted by atomic mass is 31.2. The first-order valence-electron chi connectivity index (χ1n) is 7.65. The van der Waals surface area contributed by atoms with E-state index in [1.165, 1.54) is 4.68 Å². The Hall–Kier alpha value is -2.90. The van der Waals surface area contributed by atoms with Gasteiger partial charge >= 0.3 is 0 Å². The minimum atomic E-state index is -2.39. The number of nitrogens with one attached hydrogen (secondary N) is 1. The zero-order valence-corrected chi connectivity index (χ0v) is 15.0. The number of hydrogen-bond donors (Lipinski definition) is 1. The Bertz CT molecular complexity index is 1060. The van der Waals surface area contributed by atoms with Crippen molar-refractivity contribution in [3.63, 3.8) is 0 Å². The van der Waals surface area contributed by atoms with E-state index in [1.807, 2.05) is 6.92 Å². The summed E-state index contributed by atoms with van der Waals surface area (Å²) < 4.78 is 13.5. The van der Waals surface area contributed by atoms with Gasteiger partial charge in [0.2, 0.25) is 0 Å². The highest BCUT2D eigenvalue weighted by molar-refractivity contribution is 7.70. The number of nitrogens with zero attached hydrogens (tertiary/aromatic N) is 3. The fraction of sp³-hybridized carbons (Fsp3) is 0.167. The van der Waals surface area contributed by atoms with Gasteiger partial charge in [-0.1, -0.05) is 12.1 Å². The molecule has 3 rings (SSSR count). The van der Waals surface area contributed by atoms with Crippen LogP contribution in [0.1, 0.15) is 11.3 Å². The van der Waals surface area contributed by atoms with Crippen LogP contribution in [0.5, 0.6) is 0 Å². The Balaban J connectivity index is 2.06. The third-order valence-corrected chi connectivity index (χ3v) is 5.47. The molecule has 2 aromatic heterocycles. The molecule has 0 unspecified atom stereocenters. The molecule has 7 heteroatoms. The van der Waals surface area contributed by atoms with Gasteiger partial charge in [0.05, 0.1) is 17.2 Å². The number of hydrogen-bond acceptors (Lipinski definition) is 4. The van der Waals surface area contributed by atoms with E-state index in [0.29, 0.717) is 27.9 Å². The second-order valence-corrected chi connectivity index (χ2v) is 9.39. The topological polar surface area (TPSA) is 91.5 Å². The minimum absolute atomic E-state index is 0.223. The lowest BCUT2D eigenvalue weighted by atomic mass is 10.1. The fourth-order valence-electron chi connectivity index (χ4n) is 2.59. The number of nitriles is 1. The molecule has 126 valence electrons. The summed E-state index contributed by atoms with van der Waals surface area (Å²) in [6.07, 6.45) is 1.54. The first-order valence-corrected chi connectivity index (χ1v) is 10.3. The van der Waals surface area contributed by atoms with Gasteiger partial charge in [-0.2, -0.15) is 5.26 Å². The molecule has 0 saturated heterocycles. The maximum absolute atomic E-state index is 12.8. The monoisotopic (exact) mass is 352 g/mol. The molecule has 3 aromatic rings. The van der Waals surface area contributed by atoms with Gasteiger partial charge in [0.1, 0.15) is 7.14 Å². The molecule has 25 heavy (non-hydrogen) atoms. The Morgan fingerprint density at radius 1 is 1.16 bits per heavy atom. The normalized spacial score (nSPS) is 11.3. The van der Waals surface area contributed by atoms with Gasteiger partial charge in [-0.25, -0.2) is 9.67 Å². The molecule has 0 bridgehead atoms. The van der Waals surface area contributed by atoms with E-state index in [-0.39, 0.29) is 5.56 Å². The third kappa shape index (κ3) is 3.19. The lowest BCUT2D eigenvalue weighted by Crippen LogP contribution is -2.18. The summed E-state index contributed by atoms with van der Waals surface area (Å²) in [6.45, 7) is 5.17. The smallest absolute Gasteiger partial charge is 0.280 e. The van der Waals surface area contributed by atoms with Crippen LogP contribution in [0.25, 0.3) is 16.9 Å². The van der Waals surface area contributed by atoms with E-state index in [1.54, 1.807) is 55.9 Å². The molecule has 0 aliphatic rings. The number of aromatic amines is 1. The number of aromatic nitrogens is 3. The van der Waals surface area contributed by atoms with E-state index in [4.69, 9.17) is 5.26 Å². The molecule has 0 aliphatic carbocycles. The van der Waals surface area contributed by atoms with Crippen molar-refractivity contribution in [3.8, 4) is 23.0 Å². The number of rotatable bonds is 3. The lowest BCUT2D eigenvalue weighted by molar-refractivity contribution is 0.588. The average molecular weight is 352 g/mol. The van der Waals surface area contributed by atoms with Crippen molar-refractivity contribution in [2.24, 2.45) is 0 Å². The first kappa shape index (κ1) is 16.9. The van der Waals surface area contributed by atoms with Gasteiger partial charge in [-0.05, 0) is 50.1 Å². The Labute approximate surface area is 145 Å². The van der Waals surface area contributed by atoms with Crippen molar-refractivity contribution in [1.82, 2.24) is 14.8 Å². The van der Waals surface area contributed by atoms with E-state index in [2.05, 4.69) is 16.2 Å². The summed E-state index contributed by atoms with van der Waals surface area (Å²) in [5.74, 6) is 0.435. The summed E-state index contributed by atoms with van der Waals surface area (Å²) in [5.41, 5.74) is 2.29. The van der Waals surface area contributed by atoms with E-state index < -0.39 is 7.14 Å². The highest BCUT2D eigenvalue weighted by Gasteiger charge is 2.16. The molecule has 2 heterocycles. The zero-order chi connectivity index (χ0) is 18.2. The van der Waals surface area contributed by atoms with Gasteiger partial charge in [0.25, 0.3) is 5.56 Å². The van der Waals surface area contributed by atoms with Crippen LogP contribution in [0.3, 0.4) is 0 Å². The largest absolute Gasteiger partial charge is 0.319 e. The van der Waals surface area contributed by atoms with Crippen LogP contribution in [0.4, 0.5) is 0 Å². The minimum Gasteiger partial charge on any atom is -0.319 e. The number of pyridine rings is 1.